The van der Waals surface area contributed by atoms with Crippen LogP contribution in [0, 0.1) is 5.92 Å². The summed E-state index contributed by atoms with van der Waals surface area (Å²) in [6.07, 6.45) is 2.27. The van der Waals surface area contributed by atoms with Crippen LogP contribution in [0.15, 0.2) is 24.3 Å². The van der Waals surface area contributed by atoms with E-state index in [9.17, 15) is 4.79 Å². The fraction of sp³-hybridized carbons (Fsp3) is 0.533. The molecule has 1 rings (SSSR count). The molecule has 3 heteroatoms. The van der Waals surface area contributed by atoms with E-state index in [0.717, 1.165) is 16.2 Å². The molecule has 0 saturated heterocycles. The van der Waals surface area contributed by atoms with Crippen LogP contribution < -0.4 is 0 Å². The topological polar surface area (TPSA) is 37.3 Å². The standard InChI is InChI=1S/C12H15O.C2H5O.CH3.In/c1-10(2)3-4-11-5-7-12(9-13)8-6-11;1-2-3;;/h5-8,10H,3-4H2,1-2H3;3H,1-2H2;1H3;. The fourth-order valence-corrected chi connectivity index (χ4v) is 5.93. The van der Waals surface area contributed by atoms with E-state index in [1.807, 2.05) is 12.1 Å². The van der Waals surface area contributed by atoms with E-state index in [-0.39, 0.29) is 6.61 Å². The van der Waals surface area contributed by atoms with Crippen LogP contribution in [0.4, 0.5) is 0 Å². The molecule has 1 aromatic carbocycles. The summed E-state index contributed by atoms with van der Waals surface area (Å²) in [4.78, 5) is 12.1. The Morgan fingerprint density at radius 1 is 1.28 bits per heavy atom. The average Bonchev–Trinajstić information content (AvgIpc) is 2.36. The first kappa shape index (κ1) is 15.8. The van der Waals surface area contributed by atoms with E-state index >= 15 is 0 Å². The summed E-state index contributed by atoms with van der Waals surface area (Å²) in [6, 6.07) is 8.08. The molecule has 1 N–H and O–H groups in total. The van der Waals surface area contributed by atoms with Crippen LogP contribution in [-0.4, -0.2) is 36.7 Å². The monoisotopic (exact) mass is 350 g/mol. The quantitative estimate of drug-likeness (QED) is 0.821. The van der Waals surface area contributed by atoms with Gasteiger partial charge in [0, 0.05) is 0 Å². The van der Waals surface area contributed by atoms with Crippen LogP contribution in [-0.2, 0) is 6.42 Å². The molecule has 0 aliphatic rings. The van der Waals surface area contributed by atoms with Crippen molar-refractivity contribution in [3.8, 4) is 0 Å². The Labute approximate surface area is 118 Å². The number of hydrogen-bond donors (Lipinski definition) is 1. The van der Waals surface area contributed by atoms with Crippen molar-refractivity contribution in [3.63, 3.8) is 0 Å². The van der Waals surface area contributed by atoms with Crippen molar-refractivity contribution in [1.29, 1.82) is 0 Å². The Hall–Kier alpha value is -0.280. The minimum atomic E-state index is -2.16. The second kappa shape index (κ2) is 8.00. The van der Waals surface area contributed by atoms with Gasteiger partial charge < -0.3 is 0 Å². The van der Waals surface area contributed by atoms with Gasteiger partial charge in [0.2, 0.25) is 0 Å². The van der Waals surface area contributed by atoms with Gasteiger partial charge in [-0.05, 0) is 0 Å². The van der Waals surface area contributed by atoms with E-state index in [4.69, 9.17) is 5.11 Å². The zero-order valence-electron chi connectivity index (χ0n) is 11.6. The van der Waals surface area contributed by atoms with Crippen LogP contribution >= 0.6 is 0 Å². The predicted molar refractivity (Wildman–Crippen MR) is 77.4 cm³/mol. The van der Waals surface area contributed by atoms with Gasteiger partial charge in [-0.1, -0.05) is 0 Å². The molecule has 0 fully saturated rings. The van der Waals surface area contributed by atoms with Gasteiger partial charge in [-0.25, -0.2) is 0 Å². The van der Waals surface area contributed by atoms with E-state index < -0.39 is 21.4 Å². The molecule has 0 aromatic heterocycles. The predicted octanol–water partition coefficient (Wildman–Crippen LogP) is 3.11. The Morgan fingerprint density at radius 3 is 2.39 bits per heavy atom. The third-order valence-corrected chi connectivity index (χ3v) is 9.97. The molecule has 0 bridgehead atoms. The van der Waals surface area contributed by atoms with Crippen molar-refractivity contribution in [2.45, 2.75) is 35.5 Å². The molecule has 98 valence electrons. The average molecular weight is 350 g/mol. The summed E-state index contributed by atoms with van der Waals surface area (Å²) in [5, 5.41) is 8.90. The van der Waals surface area contributed by atoms with Gasteiger partial charge in [-0.3, -0.25) is 0 Å². The van der Waals surface area contributed by atoms with Crippen LogP contribution in [0.5, 0.6) is 0 Å². The summed E-state index contributed by atoms with van der Waals surface area (Å²) in [7, 11) is 0. The minimum absolute atomic E-state index is 0.162. The first-order valence-corrected chi connectivity index (χ1v) is 14.1. The van der Waals surface area contributed by atoms with Crippen LogP contribution in [0.25, 0.3) is 0 Å². The maximum absolute atomic E-state index is 12.1. The third kappa shape index (κ3) is 5.15. The zero-order chi connectivity index (χ0) is 13.5. The molecule has 0 aliphatic heterocycles. The number of rotatable bonds is 7. The van der Waals surface area contributed by atoms with Gasteiger partial charge >= 0.3 is 118 Å². The van der Waals surface area contributed by atoms with Gasteiger partial charge in [-0.2, -0.15) is 0 Å². The molecule has 0 heterocycles. The van der Waals surface area contributed by atoms with E-state index in [1.165, 1.54) is 12.0 Å². The molecule has 0 unspecified atom stereocenters. The molecule has 0 atom stereocenters. The first-order chi connectivity index (χ1) is 8.54. The Bertz CT molecular complexity index is 371. The van der Waals surface area contributed by atoms with E-state index in [2.05, 4.69) is 30.7 Å². The zero-order valence-corrected chi connectivity index (χ0v) is 14.9. The maximum atomic E-state index is 12.1. The van der Waals surface area contributed by atoms with Gasteiger partial charge in [0.15, 0.2) is 0 Å². The van der Waals surface area contributed by atoms with Gasteiger partial charge in [-0.15, -0.1) is 0 Å². The summed E-state index contributed by atoms with van der Waals surface area (Å²) in [5.41, 5.74) is 2.16. The van der Waals surface area contributed by atoms with Crippen molar-refractivity contribution in [1.82, 2.24) is 0 Å². The van der Waals surface area contributed by atoms with Crippen molar-refractivity contribution < 1.29 is 9.90 Å². The molecular weight excluding hydrogens is 327 g/mol. The molecule has 0 radical (unpaired) electrons. The van der Waals surface area contributed by atoms with Crippen LogP contribution in [0.2, 0.25) is 8.86 Å². The summed E-state index contributed by atoms with van der Waals surface area (Å²) < 4.78 is 3.16. The van der Waals surface area contributed by atoms with Crippen LogP contribution in [0.1, 0.15) is 36.2 Å². The van der Waals surface area contributed by atoms with Crippen molar-refractivity contribution in [2.75, 3.05) is 6.61 Å². The number of aliphatic hydroxyl groups excluding tert-OH is 1. The fourth-order valence-electron chi connectivity index (χ4n) is 1.90. The summed E-state index contributed by atoms with van der Waals surface area (Å²) >= 11 is -2.16. The number of hydrogen-bond acceptors (Lipinski definition) is 2. The van der Waals surface area contributed by atoms with Crippen molar-refractivity contribution >= 4 is 25.0 Å². The second-order valence-electron chi connectivity index (χ2n) is 5.41. The molecule has 18 heavy (non-hydrogen) atoms. The third-order valence-electron chi connectivity index (χ3n) is 3.26. The molecule has 0 aliphatic carbocycles. The van der Waals surface area contributed by atoms with Crippen LogP contribution in [0.3, 0.4) is 0 Å². The normalized spacial score (nSPS) is 10.7. The van der Waals surface area contributed by atoms with Crippen molar-refractivity contribution in [3.05, 3.63) is 35.4 Å². The van der Waals surface area contributed by atoms with Gasteiger partial charge in [0.25, 0.3) is 0 Å². The number of benzene rings is 1. The van der Waals surface area contributed by atoms with E-state index in [0.29, 0.717) is 9.46 Å². The molecule has 0 amide bonds. The summed E-state index contributed by atoms with van der Waals surface area (Å²) in [5.74, 6) is 0.715. The van der Waals surface area contributed by atoms with Crippen molar-refractivity contribution in [2.24, 2.45) is 5.92 Å². The van der Waals surface area contributed by atoms with E-state index in [1.54, 1.807) is 0 Å². The molecule has 0 saturated carbocycles. The molecule has 2 nitrogen and oxygen atoms in total. The Balaban J connectivity index is 2.62. The number of aliphatic hydroxyl groups is 1. The van der Waals surface area contributed by atoms with Gasteiger partial charge in [0.05, 0.1) is 0 Å². The Morgan fingerprint density at radius 2 is 1.89 bits per heavy atom. The molecule has 1 aromatic rings. The Kier molecular flexibility index (Phi) is 7.02. The number of carbonyl (C=O) groups excluding carboxylic acids is 1. The SMILES string of the molecule is CC(C)CCc1ccc([C](=O)[In]([CH3])[CH2]CO)cc1. The van der Waals surface area contributed by atoms with Gasteiger partial charge in [0.1, 0.15) is 0 Å². The number of aryl methyl sites for hydroxylation is 1. The second-order valence-corrected chi connectivity index (χ2v) is 13.7. The molecular formula is C15H23InO2. The number of carbonyl (C=O) groups is 1. The first-order valence-electron chi connectivity index (χ1n) is 6.78. The molecule has 0 spiro atoms. The summed E-state index contributed by atoms with van der Waals surface area (Å²) in [6.45, 7) is 4.61.